The third kappa shape index (κ3) is 6.04. The Balaban J connectivity index is 1.96. The van der Waals surface area contributed by atoms with Gasteiger partial charge in [-0.2, -0.15) is 0 Å². The molecule has 2 aromatic rings. The number of rotatable bonds is 10. The van der Waals surface area contributed by atoms with Crippen molar-refractivity contribution in [2.45, 2.75) is 48.5 Å². The Labute approximate surface area is 213 Å². The molecule has 1 aliphatic rings. The summed E-state index contributed by atoms with van der Waals surface area (Å²) in [6.45, 7) is 15.6. The second-order valence-corrected chi connectivity index (χ2v) is 9.72. The molecule has 0 atom stereocenters. The highest BCUT2D eigenvalue weighted by atomic mass is 16.5. The van der Waals surface area contributed by atoms with E-state index in [1.165, 1.54) is 0 Å². The van der Waals surface area contributed by atoms with Crippen LogP contribution in [0.25, 0.3) is 0 Å². The van der Waals surface area contributed by atoms with Crippen LogP contribution in [-0.4, -0.2) is 44.8 Å². The molecule has 0 saturated carbocycles. The standard InChI is InChI=1S/C28H38N2O6/c1-8-33-23-13-19(14-24(34-9-2)25(23)35-10-3)26(31)29-20-11-12-22-21(15-20)30(16-18(4)5)27(32)28(6,7)17-36-22/h11-15,18H,8-10,16-17H2,1-7H3,(H,29,31). The van der Waals surface area contributed by atoms with E-state index in [0.717, 1.165) is 0 Å². The Bertz CT molecular complexity index is 1070. The zero-order valence-electron chi connectivity index (χ0n) is 22.4. The number of ether oxygens (including phenoxy) is 4. The summed E-state index contributed by atoms with van der Waals surface area (Å²) in [4.78, 5) is 28.4. The minimum atomic E-state index is -0.662. The molecule has 1 N–H and O–H groups in total. The van der Waals surface area contributed by atoms with Gasteiger partial charge in [-0.25, -0.2) is 0 Å². The highest BCUT2D eigenvalue weighted by Gasteiger charge is 2.38. The molecule has 8 nitrogen and oxygen atoms in total. The lowest BCUT2D eigenvalue weighted by Crippen LogP contribution is -2.43. The van der Waals surface area contributed by atoms with Gasteiger partial charge < -0.3 is 29.2 Å². The normalized spacial score (nSPS) is 14.6. The number of nitrogens with zero attached hydrogens (tertiary/aromatic N) is 1. The fraction of sp³-hybridized carbons (Fsp3) is 0.500. The average molecular weight is 499 g/mol. The van der Waals surface area contributed by atoms with Gasteiger partial charge in [-0.3, -0.25) is 9.59 Å². The monoisotopic (exact) mass is 498 g/mol. The zero-order valence-corrected chi connectivity index (χ0v) is 22.4. The van der Waals surface area contributed by atoms with Crippen LogP contribution in [0.15, 0.2) is 30.3 Å². The van der Waals surface area contributed by atoms with Crippen LogP contribution in [0.5, 0.6) is 23.0 Å². The molecule has 0 radical (unpaired) electrons. The lowest BCUT2D eigenvalue weighted by Gasteiger charge is -2.29. The average Bonchev–Trinajstić information content (AvgIpc) is 2.91. The fourth-order valence-electron chi connectivity index (χ4n) is 3.99. The predicted octanol–water partition coefficient (Wildman–Crippen LogP) is 5.54. The third-order valence-electron chi connectivity index (χ3n) is 5.64. The maximum Gasteiger partial charge on any atom is 0.255 e. The summed E-state index contributed by atoms with van der Waals surface area (Å²) in [6, 6.07) is 8.65. The molecule has 0 unspecified atom stereocenters. The summed E-state index contributed by atoms with van der Waals surface area (Å²) in [5.74, 6) is 1.90. The first kappa shape index (κ1) is 27.2. The Morgan fingerprint density at radius 3 is 2.19 bits per heavy atom. The van der Waals surface area contributed by atoms with Crippen LogP contribution in [0.4, 0.5) is 11.4 Å². The van der Waals surface area contributed by atoms with Gasteiger partial charge in [0, 0.05) is 17.8 Å². The number of fused-ring (bicyclic) bond motifs is 1. The molecule has 196 valence electrons. The van der Waals surface area contributed by atoms with Crippen LogP contribution in [0.3, 0.4) is 0 Å². The molecule has 0 saturated heterocycles. The molecule has 0 aromatic heterocycles. The van der Waals surface area contributed by atoms with E-state index in [9.17, 15) is 9.59 Å². The van der Waals surface area contributed by atoms with Crippen molar-refractivity contribution in [2.24, 2.45) is 11.3 Å². The van der Waals surface area contributed by atoms with Crippen LogP contribution in [0, 0.1) is 11.3 Å². The molecule has 1 heterocycles. The van der Waals surface area contributed by atoms with E-state index in [4.69, 9.17) is 18.9 Å². The van der Waals surface area contributed by atoms with Crippen molar-refractivity contribution in [3.63, 3.8) is 0 Å². The number of amides is 2. The van der Waals surface area contributed by atoms with E-state index in [0.29, 0.717) is 66.3 Å². The molecule has 0 aliphatic carbocycles. The number of anilines is 2. The molecule has 2 amide bonds. The quantitative estimate of drug-likeness (QED) is 0.463. The molecule has 8 heteroatoms. The molecule has 36 heavy (non-hydrogen) atoms. The largest absolute Gasteiger partial charge is 0.490 e. The van der Waals surface area contributed by atoms with Gasteiger partial charge in [-0.05, 0) is 70.9 Å². The highest BCUT2D eigenvalue weighted by Crippen LogP contribution is 2.41. The maximum atomic E-state index is 13.3. The summed E-state index contributed by atoms with van der Waals surface area (Å²) in [7, 11) is 0. The van der Waals surface area contributed by atoms with Gasteiger partial charge in [-0.1, -0.05) is 13.8 Å². The maximum absolute atomic E-state index is 13.3. The number of carbonyl (C=O) groups excluding carboxylic acids is 2. The lowest BCUT2D eigenvalue weighted by atomic mass is 9.92. The summed E-state index contributed by atoms with van der Waals surface area (Å²) in [6.07, 6.45) is 0. The van der Waals surface area contributed by atoms with Crippen molar-refractivity contribution < 1.29 is 28.5 Å². The minimum Gasteiger partial charge on any atom is -0.490 e. The van der Waals surface area contributed by atoms with Gasteiger partial charge in [0.1, 0.15) is 12.4 Å². The van der Waals surface area contributed by atoms with Crippen molar-refractivity contribution >= 4 is 23.2 Å². The van der Waals surface area contributed by atoms with Gasteiger partial charge in [0.25, 0.3) is 5.91 Å². The van der Waals surface area contributed by atoms with Crippen LogP contribution in [0.2, 0.25) is 0 Å². The van der Waals surface area contributed by atoms with Crippen molar-refractivity contribution in [1.29, 1.82) is 0 Å². The Morgan fingerprint density at radius 1 is 1.03 bits per heavy atom. The van der Waals surface area contributed by atoms with E-state index < -0.39 is 5.41 Å². The van der Waals surface area contributed by atoms with Crippen molar-refractivity contribution in [1.82, 2.24) is 0 Å². The van der Waals surface area contributed by atoms with Gasteiger partial charge in [0.15, 0.2) is 11.5 Å². The molecule has 1 aliphatic heterocycles. The van der Waals surface area contributed by atoms with Crippen molar-refractivity contribution in [3.05, 3.63) is 35.9 Å². The van der Waals surface area contributed by atoms with Gasteiger partial charge in [0.05, 0.1) is 30.9 Å². The van der Waals surface area contributed by atoms with Gasteiger partial charge in [0.2, 0.25) is 11.7 Å². The number of carbonyl (C=O) groups is 2. The molecular formula is C28H38N2O6. The van der Waals surface area contributed by atoms with E-state index in [-0.39, 0.29) is 24.3 Å². The predicted molar refractivity (Wildman–Crippen MR) is 141 cm³/mol. The van der Waals surface area contributed by atoms with Crippen molar-refractivity contribution in [2.75, 3.05) is 43.2 Å². The van der Waals surface area contributed by atoms with E-state index in [1.54, 1.807) is 35.2 Å². The topological polar surface area (TPSA) is 86.3 Å². The van der Waals surface area contributed by atoms with E-state index >= 15 is 0 Å². The van der Waals surface area contributed by atoms with E-state index in [1.807, 2.05) is 34.6 Å². The first-order valence-electron chi connectivity index (χ1n) is 12.6. The van der Waals surface area contributed by atoms with Crippen molar-refractivity contribution in [3.8, 4) is 23.0 Å². The van der Waals surface area contributed by atoms with Gasteiger partial charge in [-0.15, -0.1) is 0 Å². The second-order valence-electron chi connectivity index (χ2n) is 9.72. The van der Waals surface area contributed by atoms with Crippen LogP contribution in [0.1, 0.15) is 58.8 Å². The minimum absolute atomic E-state index is 0.00680. The summed E-state index contributed by atoms with van der Waals surface area (Å²) in [5.41, 5.74) is 0.903. The SMILES string of the molecule is CCOc1cc(C(=O)Nc2ccc3c(c2)N(CC(C)C)C(=O)C(C)(C)CO3)cc(OCC)c1OCC. The Kier molecular flexibility index (Phi) is 8.71. The Morgan fingerprint density at radius 2 is 1.64 bits per heavy atom. The first-order valence-corrected chi connectivity index (χ1v) is 12.6. The van der Waals surface area contributed by atoms with Crippen LogP contribution in [-0.2, 0) is 4.79 Å². The smallest absolute Gasteiger partial charge is 0.255 e. The molecule has 3 rings (SSSR count). The number of benzene rings is 2. The van der Waals surface area contributed by atoms with Crippen LogP contribution < -0.4 is 29.2 Å². The van der Waals surface area contributed by atoms with E-state index in [2.05, 4.69) is 19.2 Å². The zero-order chi connectivity index (χ0) is 26.5. The number of nitrogens with one attached hydrogen (secondary N) is 1. The Hall–Kier alpha value is -3.42. The molecule has 0 bridgehead atoms. The third-order valence-corrected chi connectivity index (χ3v) is 5.64. The molecular weight excluding hydrogens is 460 g/mol. The summed E-state index contributed by atoms with van der Waals surface area (Å²) < 4.78 is 23.2. The number of hydrogen-bond donors (Lipinski definition) is 1. The number of hydrogen-bond acceptors (Lipinski definition) is 6. The molecule has 0 fully saturated rings. The van der Waals surface area contributed by atoms with Crippen LogP contribution >= 0.6 is 0 Å². The molecule has 2 aromatic carbocycles. The first-order chi connectivity index (χ1) is 17.1. The van der Waals surface area contributed by atoms with Gasteiger partial charge >= 0.3 is 0 Å². The lowest BCUT2D eigenvalue weighted by molar-refractivity contribution is -0.127. The highest BCUT2D eigenvalue weighted by molar-refractivity contribution is 6.06. The fourth-order valence-corrected chi connectivity index (χ4v) is 3.99. The molecule has 0 spiro atoms. The second kappa shape index (κ2) is 11.5. The summed E-state index contributed by atoms with van der Waals surface area (Å²) in [5, 5.41) is 2.94. The summed E-state index contributed by atoms with van der Waals surface area (Å²) >= 11 is 0.